The van der Waals surface area contributed by atoms with Gasteiger partial charge >= 0.3 is 0 Å². The van der Waals surface area contributed by atoms with Gasteiger partial charge in [0, 0.05) is 12.1 Å². The zero-order chi connectivity index (χ0) is 27.5. The molecule has 6 nitrogen and oxygen atoms in total. The van der Waals surface area contributed by atoms with Crippen LogP contribution in [-0.4, -0.2) is 36.1 Å². The second-order valence-electron chi connectivity index (χ2n) is 11.3. The van der Waals surface area contributed by atoms with Crippen molar-refractivity contribution in [3.63, 3.8) is 0 Å². The fourth-order valence-corrected chi connectivity index (χ4v) is 6.12. The number of ether oxygens (including phenoxy) is 2. The Morgan fingerprint density at radius 3 is 1.33 bits per heavy atom. The summed E-state index contributed by atoms with van der Waals surface area (Å²) >= 11 is 0. The van der Waals surface area contributed by atoms with Gasteiger partial charge in [-0.05, 0) is 107 Å². The Balaban J connectivity index is 1.13. The van der Waals surface area contributed by atoms with Gasteiger partial charge in [0.25, 0.3) is 11.8 Å². The highest BCUT2D eigenvalue weighted by atomic mass is 16.5. The predicted molar refractivity (Wildman–Crippen MR) is 155 cm³/mol. The summed E-state index contributed by atoms with van der Waals surface area (Å²) in [6.07, 6.45) is 10.6. The molecule has 0 radical (unpaired) electrons. The van der Waals surface area contributed by atoms with Crippen LogP contribution in [0.5, 0.6) is 11.5 Å². The van der Waals surface area contributed by atoms with E-state index in [0.29, 0.717) is 12.8 Å². The molecule has 0 spiro atoms. The Morgan fingerprint density at radius 1 is 0.641 bits per heavy atom. The van der Waals surface area contributed by atoms with E-state index in [9.17, 15) is 9.59 Å². The zero-order valence-electron chi connectivity index (χ0n) is 23.6. The zero-order valence-corrected chi connectivity index (χ0v) is 23.6. The number of carbonyl (C=O) groups is 2. The highest BCUT2D eigenvalue weighted by Gasteiger charge is 2.30. The van der Waals surface area contributed by atoms with E-state index in [4.69, 9.17) is 9.47 Å². The van der Waals surface area contributed by atoms with Gasteiger partial charge in [-0.2, -0.15) is 0 Å². The Hall–Kier alpha value is -3.02. The van der Waals surface area contributed by atoms with Gasteiger partial charge in [-0.15, -0.1) is 0 Å². The topological polar surface area (TPSA) is 76.7 Å². The van der Waals surface area contributed by atoms with Crippen molar-refractivity contribution in [2.45, 2.75) is 109 Å². The molecular formula is C33H46N2O4. The second kappa shape index (κ2) is 14.9. The first-order valence-electron chi connectivity index (χ1n) is 15.1. The summed E-state index contributed by atoms with van der Waals surface area (Å²) in [5.74, 6) is 2.96. The van der Waals surface area contributed by atoms with Crippen LogP contribution >= 0.6 is 0 Å². The van der Waals surface area contributed by atoms with Crippen LogP contribution < -0.4 is 20.1 Å². The summed E-state index contributed by atoms with van der Waals surface area (Å²) in [5, 5.41) is 6.51. The van der Waals surface area contributed by atoms with Crippen LogP contribution in [-0.2, 0) is 9.59 Å². The average Bonchev–Trinajstić information content (AvgIpc) is 2.97. The minimum Gasteiger partial charge on any atom is -0.481 e. The molecule has 2 saturated carbocycles. The quantitative estimate of drug-likeness (QED) is 0.328. The van der Waals surface area contributed by atoms with E-state index in [1.54, 1.807) is 0 Å². The first-order valence-corrected chi connectivity index (χ1v) is 15.1. The molecule has 212 valence electrons. The van der Waals surface area contributed by atoms with Gasteiger partial charge in [0.2, 0.25) is 0 Å². The van der Waals surface area contributed by atoms with Crippen LogP contribution in [0.3, 0.4) is 0 Å². The molecule has 2 aliphatic rings. The number of amides is 2. The standard InChI is InChI=1S/C33H46N2O4/c1-3-30(38-28-11-7-5-8-12-28)32(36)34-26-19-15-24(16-20-26)23-25-17-21-27(22-18-25)35-33(37)31(4-2)39-29-13-9-6-10-14-29/h5-14,24-27,30-31H,3-4,15-23H2,1-2H3,(H,34,36)(H,35,37). The summed E-state index contributed by atoms with van der Waals surface area (Å²) in [4.78, 5) is 25.7. The molecule has 2 amide bonds. The van der Waals surface area contributed by atoms with Gasteiger partial charge in [-0.25, -0.2) is 0 Å². The maximum absolute atomic E-state index is 12.8. The third-order valence-electron chi connectivity index (χ3n) is 8.42. The van der Waals surface area contributed by atoms with Crippen molar-refractivity contribution in [1.29, 1.82) is 0 Å². The van der Waals surface area contributed by atoms with E-state index in [0.717, 1.165) is 49.0 Å². The Bertz CT molecular complexity index is 917. The number of para-hydroxylation sites is 2. The van der Waals surface area contributed by atoms with Gasteiger partial charge in [0.1, 0.15) is 11.5 Å². The normalized spacial score (nSPS) is 24.7. The summed E-state index contributed by atoms with van der Waals surface area (Å²) in [7, 11) is 0. The van der Waals surface area contributed by atoms with Crippen molar-refractivity contribution in [1.82, 2.24) is 10.6 Å². The lowest BCUT2D eigenvalue weighted by molar-refractivity contribution is -0.129. The van der Waals surface area contributed by atoms with Crippen LogP contribution in [0.2, 0.25) is 0 Å². The Labute approximate surface area is 234 Å². The van der Waals surface area contributed by atoms with Crippen LogP contribution in [0.25, 0.3) is 0 Å². The first kappa shape index (κ1) is 29.0. The molecule has 2 aromatic carbocycles. The third kappa shape index (κ3) is 9.01. The van der Waals surface area contributed by atoms with Crippen LogP contribution in [0, 0.1) is 11.8 Å². The summed E-state index contributed by atoms with van der Waals surface area (Å²) in [6, 6.07) is 19.7. The maximum Gasteiger partial charge on any atom is 0.261 e. The lowest BCUT2D eigenvalue weighted by atomic mass is 9.75. The minimum absolute atomic E-state index is 0.00431. The van der Waals surface area contributed by atoms with Crippen molar-refractivity contribution >= 4 is 11.8 Å². The maximum atomic E-state index is 12.8. The van der Waals surface area contributed by atoms with Crippen molar-refractivity contribution in [2.24, 2.45) is 11.8 Å². The average molecular weight is 535 g/mol. The molecule has 0 heterocycles. The number of rotatable bonds is 12. The minimum atomic E-state index is -0.446. The van der Waals surface area contributed by atoms with Crippen molar-refractivity contribution < 1.29 is 19.1 Å². The monoisotopic (exact) mass is 534 g/mol. The molecule has 0 aliphatic heterocycles. The van der Waals surface area contributed by atoms with Gasteiger partial charge in [0.05, 0.1) is 0 Å². The van der Waals surface area contributed by atoms with Gasteiger partial charge in [-0.3, -0.25) is 9.59 Å². The fraction of sp³-hybridized carbons (Fsp3) is 0.576. The Morgan fingerprint density at radius 2 is 1.00 bits per heavy atom. The smallest absolute Gasteiger partial charge is 0.261 e. The lowest BCUT2D eigenvalue weighted by Gasteiger charge is -2.35. The van der Waals surface area contributed by atoms with E-state index < -0.39 is 12.2 Å². The predicted octanol–water partition coefficient (Wildman–Crippen LogP) is 6.44. The van der Waals surface area contributed by atoms with E-state index >= 15 is 0 Å². The highest BCUT2D eigenvalue weighted by Crippen LogP contribution is 2.35. The van der Waals surface area contributed by atoms with Crippen LogP contribution in [0.4, 0.5) is 0 Å². The molecule has 2 aliphatic carbocycles. The fourth-order valence-electron chi connectivity index (χ4n) is 6.12. The molecule has 0 saturated heterocycles. The van der Waals surface area contributed by atoms with Crippen molar-refractivity contribution in [3.8, 4) is 11.5 Å². The lowest BCUT2D eigenvalue weighted by Crippen LogP contribution is -2.45. The number of carbonyl (C=O) groups excluding carboxylic acids is 2. The van der Waals surface area contributed by atoms with Gasteiger partial charge < -0.3 is 20.1 Å². The molecule has 2 N–H and O–H groups in total. The van der Waals surface area contributed by atoms with E-state index in [2.05, 4.69) is 10.6 Å². The molecular weight excluding hydrogens is 488 g/mol. The summed E-state index contributed by atoms with van der Waals surface area (Å²) in [6.45, 7) is 3.98. The van der Waals surface area contributed by atoms with E-state index in [1.165, 1.54) is 32.1 Å². The molecule has 6 heteroatoms. The SMILES string of the molecule is CCC(Oc1ccccc1)C(=O)NC1CCC(CC2CCC(NC(=O)C(CC)Oc3ccccc3)CC2)CC1. The number of benzene rings is 2. The summed E-state index contributed by atoms with van der Waals surface area (Å²) in [5.41, 5.74) is 0. The van der Waals surface area contributed by atoms with Crippen LogP contribution in [0.1, 0.15) is 84.5 Å². The molecule has 2 aromatic rings. The highest BCUT2D eigenvalue weighted by molar-refractivity contribution is 5.81. The molecule has 0 aromatic heterocycles. The molecule has 2 unspecified atom stereocenters. The molecule has 39 heavy (non-hydrogen) atoms. The van der Waals surface area contributed by atoms with Crippen molar-refractivity contribution in [2.75, 3.05) is 0 Å². The third-order valence-corrected chi connectivity index (χ3v) is 8.42. The van der Waals surface area contributed by atoms with Gasteiger partial charge in [-0.1, -0.05) is 50.2 Å². The second-order valence-corrected chi connectivity index (χ2v) is 11.3. The van der Waals surface area contributed by atoms with Gasteiger partial charge in [0.15, 0.2) is 12.2 Å². The molecule has 2 atom stereocenters. The van der Waals surface area contributed by atoms with E-state index in [-0.39, 0.29) is 23.9 Å². The number of nitrogens with one attached hydrogen (secondary N) is 2. The largest absolute Gasteiger partial charge is 0.481 e. The van der Waals surface area contributed by atoms with E-state index in [1.807, 2.05) is 74.5 Å². The number of hydrogen-bond acceptors (Lipinski definition) is 4. The van der Waals surface area contributed by atoms with Crippen molar-refractivity contribution in [3.05, 3.63) is 60.7 Å². The Kier molecular flexibility index (Phi) is 11.1. The molecule has 0 bridgehead atoms. The number of hydrogen-bond donors (Lipinski definition) is 2. The molecule has 4 rings (SSSR count). The summed E-state index contributed by atoms with van der Waals surface area (Å²) < 4.78 is 11.8. The van der Waals surface area contributed by atoms with Crippen LogP contribution in [0.15, 0.2) is 60.7 Å². The first-order chi connectivity index (χ1) is 19.0. The molecule has 2 fully saturated rings.